The molecule has 3 rings (SSSR count). The summed E-state index contributed by atoms with van der Waals surface area (Å²) in [6.45, 7) is 10.6. The van der Waals surface area contributed by atoms with Gasteiger partial charge in [0.05, 0.1) is 5.39 Å². The number of rotatable bonds is 7. The molecule has 26 heavy (non-hydrogen) atoms. The van der Waals surface area contributed by atoms with Crippen LogP contribution in [0.3, 0.4) is 0 Å². The van der Waals surface area contributed by atoms with Crippen LogP contribution in [0.1, 0.15) is 25.8 Å². The van der Waals surface area contributed by atoms with Gasteiger partial charge in [0.1, 0.15) is 0 Å². The molecule has 2 aromatic carbocycles. The van der Waals surface area contributed by atoms with Crippen molar-refractivity contribution in [1.29, 1.82) is 0 Å². The summed E-state index contributed by atoms with van der Waals surface area (Å²) in [7, 11) is 0. The van der Waals surface area contributed by atoms with E-state index >= 15 is 0 Å². The molecular weight excluding hydrogens is 364 g/mol. The van der Waals surface area contributed by atoms with Crippen molar-refractivity contribution < 1.29 is 0 Å². The monoisotopic (exact) mass is 390 g/mol. The van der Waals surface area contributed by atoms with Crippen LogP contribution in [0, 0.1) is 6.92 Å². The van der Waals surface area contributed by atoms with Crippen LogP contribution in [0.15, 0.2) is 41.2 Å². The van der Waals surface area contributed by atoms with Crippen LogP contribution in [0.25, 0.3) is 20.2 Å². The molecule has 1 aromatic heterocycles. The first kappa shape index (κ1) is 20.7. The molecule has 0 aliphatic carbocycles. The van der Waals surface area contributed by atoms with Crippen LogP contribution in [-0.2, 0) is 0 Å². The molecule has 0 bridgehead atoms. The first-order valence-electron chi connectivity index (χ1n) is 9.07. The second-order valence-electron chi connectivity index (χ2n) is 6.37. The highest BCUT2D eigenvalue weighted by Gasteiger charge is 2.11. The Bertz CT molecular complexity index is 934. The van der Waals surface area contributed by atoms with E-state index in [0.29, 0.717) is 0 Å². The summed E-state index contributed by atoms with van der Waals surface area (Å²) in [5.41, 5.74) is 2.27. The van der Waals surface area contributed by atoms with Gasteiger partial charge in [0.15, 0.2) is 5.43 Å². The normalized spacial score (nSPS) is 11.1. The van der Waals surface area contributed by atoms with Gasteiger partial charge in [-0.25, -0.2) is 0 Å². The highest BCUT2D eigenvalue weighted by Crippen LogP contribution is 2.31. The Morgan fingerprint density at radius 1 is 1.08 bits per heavy atom. The largest absolute Gasteiger partial charge is 0.384 e. The molecule has 1 heterocycles. The summed E-state index contributed by atoms with van der Waals surface area (Å²) >= 11 is 1.71. The molecule has 0 spiro atoms. The molecule has 3 aromatic rings. The fourth-order valence-electron chi connectivity index (χ4n) is 3.24. The number of nitrogens with one attached hydrogen (secondary N) is 1. The molecule has 0 saturated heterocycles. The quantitative estimate of drug-likeness (QED) is 0.439. The maximum Gasteiger partial charge on any atom is 0.197 e. The van der Waals surface area contributed by atoms with Crippen molar-refractivity contribution in [2.24, 2.45) is 0 Å². The van der Waals surface area contributed by atoms with Crippen molar-refractivity contribution in [2.75, 3.05) is 31.5 Å². The molecule has 0 aliphatic rings. The van der Waals surface area contributed by atoms with Gasteiger partial charge in [0.2, 0.25) is 0 Å². The van der Waals surface area contributed by atoms with Crippen LogP contribution in [-0.4, -0.2) is 31.1 Å². The summed E-state index contributed by atoms with van der Waals surface area (Å²) < 4.78 is 2.15. The molecule has 1 N–H and O–H groups in total. The third-order valence-electron chi connectivity index (χ3n) is 4.79. The van der Waals surface area contributed by atoms with Gasteiger partial charge in [0, 0.05) is 27.0 Å². The number of hydrogen-bond acceptors (Lipinski definition) is 4. The molecule has 0 unspecified atom stereocenters. The first-order valence-corrected chi connectivity index (χ1v) is 9.88. The predicted molar refractivity (Wildman–Crippen MR) is 118 cm³/mol. The Labute approximate surface area is 165 Å². The number of benzene rings is 2. The SMILES string of the molecule is CCN(CC)CCCNc1ccc(C)c2sc3ccccc3c(=O)c12.Cl. The van der Waals surface area contributed by atoms with Gasteiger partial charge in [-0.1, -0.05) is 32.0 Å². The van der Waals surface area contributed by atoms with E-state index in [1.165, 1.54) is 0 Å². The maximum atomic E-state index is 13.1. The number of anilines is 1. The van der Waals surface area contributed by atoms with Crippen LogP contribution < -0.4 is 10.7 Å². The van der Waals surface area contributed by atoms with Gasteiger partial charge >= 0.3 is 0 Å². The third kappa shape index (κ3) is 4.20. The minimum absolute atomic E-state index is 0. The van der Waals surface area contributed by atoms with E-state index in [1.54, 1.807) is 11.3 Å². The van der Waals surface area contributed by atoms with Gasteiger partial charge < -0.3 is 10.2 Å². The van der Waals surface area contributed by atoms with Crippen LogP contribution in [0.5, 0.6) is 0 Å². The molecule has 0 atom stereocenters. The Balaban J connectivity index is 0.00000243. The standard InChI is InChI=1S/C21H26N2OS.ClH/c1-4-23(5-2)14-8-13-22-17-12-11-15(3)21-19(17)20(24)16-9-6-7-10-18(16)25-21;/h6-7,9-12,22H,4-5,8,13-14H2,1-3H3;1H. The molecule has 140 valence electrons. The lowest BCUT2D eigenvalue weighted by molar-refractivity contribution is 0.303. The zero-order chi connectivity index (χ0) is 17.8. The van der Waals surface area contributed by atoms with E-state index < -0.39 is 0 Å². The van der Waals surface area contributed by atoms with Gasteiger partial charge in [-0.15, -0.1) is 23.7 Å². The van der Waals surface area contributed by atoms with E-state index in [-0.39, 0.29) is 17.8 Å². The maximum absolute atomic E-state index is 13.1. The second-order valence-corrected chi connectivity index (χ2v) is 7.42. The number of aryl methyl sites for hydroxylation is 1. The minimum atomic E-state index is 0. The molecule has 0 aliphatic heterocycles. The number of fused-ring (bicyclic) bond motifs is 2. The number of halogens is 1. The average Bonchev–Trinajstić information content (AvgIpc) is 2.64. The average molecular weight is 391 g/mol. The Morgan fingerprint density at radius 3 is 2.54 bits per heavy atom. The van der Waals surface area contributed by atoms with E-state index in [0.717, 1.165) is 64.0 Å². The Hall–Kier alpha value is -1.62. The van der Waals surface area contributed by atoms with E-state index in [9.17, 15) is 4.79 Å². The van der Waals surface area contributed by atoms with Gasteiger partial charge in [-0.2, -0.15) is 0 Å². The zero-order valence-corrected chi connectivity index (χ0v) is 17.3. The molecule has 0 amide bonds. The van der Waals surface area contributed by atoms with Crippen molar-refractivity contribution in [1.82, 2.24) is 4.90 Å². The smallest absolute Gasteiger partial charge is 0.197 e. The van der Waals surface area contributed by atoms with Crippen LogP contribution in [0.4, 0.5) is 5.69 Å². The van der Waals surface area contributed by atoms with Crippen molar-refractivity contribution >= 4 is 49.6 Å². The summed E-state index contributed by atoms with van der Waals surface area (Å²) in [4.78, 5) is 15.5. The lowest BCUT2D eigenvalue weighted by Crippen LogP contribution is -2.25. The van der Waals surface area contributed by atoms with Crippen molar-refractivity contribution in [3.05, 3.63) is 52.2 Å². The fraction of sp³-hybridized carbons (Fsp3) is 0.381. The summed E-state index contributed by atoms with van der Waals surface area (Å²) in [5, 5.41) is 5.16. The fourth-order valence-corrected chi connectivity index (χ4v) is 4.42. The summed E-state index contributed by atoms with van der Waals surface area (Å²) in [6, 6.07) is 12.1. The molecule has 0 fully saturated rings. The van der Waals surface area contributed by atoms with E-state index in [2.05, 4.69) is 43.1 Å². The number of hydrogen-bond donors (Lipinski definition) is 1. The zero-order valence-electron chi connectivity index (χ0n) is 15.7. The van der Waals surface area contributed by atoms with Crippen molar-refractivity contribution in [3.8, 4) is 0 Å². The summed E-state index contributed by atoms with van der Waals surface area (Å²) in [6.07, 6.45) is 1.07. The molecule has 0 saturated carbocycles. The lowest BCUT2D eigenvalue weighted by Gasteiger charge is -2.18. The molecule has 3 nitrogen and oxygen atoms in total. The highest BCUT2D eigenvalue weighted by atomic mass is 35.5. The summed E-state index contributed by atoms with van der Waals surface area (Å²) in [5.74, 6) is 0. The van der Waals surface area contributed by atoms with Crippen molar-refractivity contribution in [2.45, 2.75) is 27.2 Å². The van der Waals surface area contributed by atoms with Crippen molar-refractivity contribution in [3.63, 3.8) is 0 Å². The topological polar surface area (TPSA) is 32.3 Å². The predicted octanol–water partition coefficient (Wildman–Crippen LogP) is 5.29. The van der Waals surface area contributed by atoms with Gasteiger partial charge in [-0.05, 0) is 56.7 Å². The highest BCUT2D eigenvalue weighted by molar-refractivity contribution is 7.24. The molecule has 0 radical (unpaired) electrons. The lowest BCUT2D eigenvalue weighted by atomic mass is 10.1. The van der Waals surface area contributed by atoms with Crippen LogP contribution >= 0.6 is 23.7 Å². The number of nitrogens with zero attached hydrogens (tertiary/aromatic N) is 1. The van der Waals surface area contributed by atoms with Gasteiger partial charge in [-0.3, -0.25) is 4.79 Å². The third-order valence-corrected chi connectivity index (χ3v) is 6.09. The molecular formula is C21H27ClN2OS. The Morgan fingerprint density at radius 2 is 1.81 bits per heavy atom. The van der Waals surface area contributed by atoms with E-state index in [1.807, 2.05) is 24.3 Å². The van der Waals surface area contributed by atoms with Crippen LogP contribution in [0.2, 0.25) is 0 Å². The van der Waals surface area contributed by atoms with E-state index in [4.69, 9.17) is 0 Å². The minimum Gasteiger partial charge on any atom is -0.384 e. The molecule has 5 heteroatoms. The first-order chi connectivity index (χ1) is 12.2. The Kier molecular flexibility index (Phi) is 7.44. The second kappa shape index (κ2) is 9.36. The van der Waals surface area contributed by atoms with Gasteiger partial charge in [0.25, 0.3) is 0 Å².